The van der Waals surface area contributed by atoms with Crippen molar-refractivity contribution in [1.29, 1.82) is 0 Å². The van der Waals surface area contributed by atoms with Gasteiger partial charge in [0.2, 0.25) is 10.0 Å². The maximum atomic E-state index is 12.0. The monoisotopic (exact) mass is 392 g/mol. The molecule has 0 aliphatic heterocycles. The first-order valence-corrected chi connectivity index (χ1v) is 12.1. The van der Waals surface area contributed by atoms with Crippen LogP contribution >= 0.6 is 0 Å². The molecule has 2 aliphatic carbocycles. The van der Waals surface area contributed by atoms with Crippen LogP contribution in [0.3, 0.4) is 0 Å². The Balaban J connectivity index is 1.51. The second kappa shape index (κ2) is 8.12. The van der Waals surface area contributed by atoms with E-state index in [9.17, 15) is 8.42 Å². The first-order valence-electron chi connectivity index (χ1n) is 10.6. The Morgan fingerprint density at radius 2 is 1.78 bits per heavy atom. The highest BCUT2D eigenvalue weighted by Gasteiger charge is 2.28. The van der Waals surface area contributed by atoms with Crippen LogP contribution in [0.15, 0.2) is 12.1 Å². The van der Waals surface area contributed by atoms with Gasteiger partial charge in [-0.1, -0.05) is 13.8 Å². The largest absolute Gasteiger partial charge is 0.385 e. The molecule has 0 aromatic heterocycles. The lowest BCUT2D eigenvalue weighted by atomic mass is 9.86. The van der Waals surface area contributed by atoms with E-state index in [0.717, 1.165) is 38.1 Å². The SMILES string of the molecule is Cc1cc(NCC2CCC(NS(=O)(=O)C(C)C)CC2)cc2c1C(C)C(C)C2. The predicted octanol–water partition coefficient (Wildman–Crippen LogP) is 4.59. The summed E-state index contributed by atoms with van der Waals surface area (Å²) < 4.78 is 27.0. The summed E-state index contributed by atoms with van der Waals surface area (Å²) in [5.41, 5.74) is 5.74. The van der Waals surface area contributed by atoms with Gasteiger partial charge < -0.3 is 5.32 Å². The number of nitrogens with one attached hydrogen (secondary N) is 2. The van der Waals surface area contributed by atoms with Gasteiger partial charge in [-0.05, 0) is 99.5 Å². The van der Waals surface area contributed by atoms with E-state index in [0.29, 0.717) is 11.8 Å². The zero-order valence-corrected chi connectivity index (χ0v) is 18.3. The molecule has 1 aromatic carbocycles. The minimum atomic E-state index is -3.16. The number of rotatable bonds is 6. The lowest BCUT2D eigenvalue weighted by Crippen LogP contribution is -2.41. The van der Waals surface area contributed by atoms with Gasteiger partial charge >= 0.3 is 0 Å². The minimum absolute atomic E-state index is 0.110. The number of hydrogen-bond acceptors (Lipinski definition) is 3. The minimum Gasteiger partial charge on any atom is -0.385 e. The van der Waals surface area contributed by atoms with Gasteiger partial charge in [-0.3, -0.25) is 0 Å². The molecular formula is C22H36N2O2S. The van der Waals surface area contributed by atoms with Crippen LogP contribution in [0, 0.1) is 18.8 Å². The maximum Gasteiger partial charge on any atom is 0.214 e. The van der Waals surface area contributed by atoms with Gasteiger partial charge in [0.15, 0.2) is 0 Å². The molecule has 152 valence electrons. The smallest absolute Gasteiger partial charge is 0.214 e. The Kier molecular flexibility index (Phi) is 6.21. The van der Waals surface area contributed by atoms with Crippen LogP contribution in [0.1, 0.15) is 76.0 Å². The van der Waals surface area contributed by atoms with E-state index in [1.165, 1.54) is 23.2 Å². The summed E-state index contributed by atoms with van der Waals surface area (Å²) in [5.74, 6) is 2.02. The average Bonchev–Trinajstić information content (AvgIpc) is 2.88. The molecule has 0 radical (unpaired) electrons. The van der Waals surface area contributed by atoms with Crippen LogP contribution < -0.4 is 10.0 Å². The maximum absolute atomic E-state index is 12.0. The van der Waals surface area contributed by atoms with Crippen molar-refractivity contribution in [2.45, 2.75) is 83.9 Å². The van der Waals surface area contributed by atoms with Crippen LogP contribution in [0.2, 0.25) is 0 Å². The van der Waals surface area contributed by atoms with E-state index in [1.54, 1.807) is 19.4 Å². The summed E-state index contributed by atoms with van der Waals surface area (Å²) in [5, 5.41) is 3.30. The predicted molar refractivity (Wildman–Crippen MR) is 114 cm³/mol. The number of fused-ring (bicyclic) bond motifs is 1. The molecule has 3 rings (SSSR count). The van der Waals surface area contributed by atoms with Crippen molar-refractivity contribution in [3.8, 4) is 0 Å². The summed E-state index contributed by atoms with van der Waals surface area (Å²) in [7, 11) is -3.16. The Hall–Kier alpha value is -1.07. The molecule has 2 aliphatic rings. The summed E-state index contributed by atoms with van der Waals surface area (Å²) in [6, 6.07) is 4.76. The Labute approximate surface area is 165 Å². The Morgan fingerprint density at radius 3 is 2.41 bits per heavy atom. The third-order valence-electron chi connectivity index (χ3n) is 6.72. The molecule has 2 N–H and O–H groups in total. The van der Waals surface area contributed by atoms with Crippen molar-refractivity contribution in [1.82, 2.24) is 4.72 Å². The molecular weight excluding hydrogens is 356 g/mol. The molecule has 27 heavy (non-hydrogen) atoms. The van der Waals surface area contributed by atoms with E-state index in [4.69, 9.17) is 0 Å². The summed E-state index contributed by atoms with van der Waals surface area (Å²) in [6.07, 6.45) is 5.23. The summed E-state index contributed by atoms with van der Waals surface area (Å²) >= 11 is 0. The van der Waals surface area contributed by atoms with Gasteiger partial charge in [0.25, 0.3) is 0 Å². The Morgan fingerprint density at radius 1 is 1.11 bits per heavy atom. The quantitative estimate of drug-likeness (QED) is 0.744. The number of aryl methyl sites for hydroxylation is 1. The van der Waals surface area contributed by atoms with Crippen LogP contribution in [-0.4, -0.2) is 26.3 Å². The molecule has 0 saturated heterocycles. The fourth-order valence-electron chi connectivity index (χ4n) is 4.72. The van der Waals surface area contributed by atoms with E-state index >= 15 is 0 Å². The number of hydrogen-bond donors (Lipinski definition) is 2. The first kappa shape index (κ1) is 20.7. The fourth-order valence-corrected chi connectivity index (χ4v) is 5.69. The molecule has 5 heteroatoms. The van der Waals surface area contributed by atoms with E-state index < -0.39 is 10.0 Å². The van der Waals surface area contributed by atoms with Crippen LogP contribution in [0.25, 0.3) is 0 Å². The summed E-state index contributed by atoms with van der Waals surface area (Å²) in [6.45, 7) is 11.4. The fraction of sp³-hybridized carbons (Fsp3) is 0.727. The van der Waals surface area contributed by atoms with Crippen molar-refractivity contribution >= 4 is 15.7 Å². The molecule has 0 spiro atoms. The van der Waals surface area contributed by atoms with Crippen LogP contribution in [-0.2, 0) is 16.4 Å². The highest BCUT2D eigenvalue weighted by molar-refractivity contribution is 7.90. The standard InChI is InChI=1S/C22H36N2O2S/c1-14(2)27(25,26)24-20-8-6-18(7-9-20)13-23-21-11-16(4)22-17(5)15(3)10-19(22)12-21/h11-12,14-15,17-18,20,23-24H,6-10,13H2,1-5H3. The van der Waals surface area contributed by atoms with E-state index in [1.807, 2.05) is 0 Å². The second-order valence-electron chi connectivity index (χ2n) is 9.15. The first-order chi connectivity index (χ1) is 12.7. The van der Waals surface area contributed by atoms with Crippen LogP contribution in [0.4, 0.5) is 5.69 Å². The molecule has 4 nitrogen and oxygen atoms in total. The summed E-state index contributed by atoms with van der Waals surface area (Å²) in [4.78, 5) is 0. The molecule has 1 saturated carbocycles. The number of benzene rings is 1. The molecule has 1 aromatic rings. The lowest BCUT2D eigenvalue weighted by Gasteiger charge is -2.30. The average molecular weight is 393 g/mol. The van der Waals surface area contributed by atoms with Crippen molar-refractivity contribution in [3.63, 3.8) is 0 Å². The Bertz CT molecular complexity index is 765. The molecule has 0 bridgehead atoms. The topological polar surface area (TPSA) is 58.2 Å². The molecule has 0 heterocycles. The van der Waals surface area contributed by atoms with Crippen molar-refractivity contribution in [2.24, 2.45) is 11.8 Å². The van der Waals surface area contributed by atoms with Gasteiger partial charge in [0, 0.05) is 18.3 Å². The normalized spacial score (nSPS) is 28.4. The van der Waals surface area contributed by atoms with Gasteiger partial charge in [-0.25, -0.2) is 13.1 Å². The van der Waals surface area contributed by atoms with Crippen molar-refractivity contribution in [2.75, 3.05) is 11.9 Å². The van der Waals surface area contributed by atoms with Gasteiger partial charge in [0.05, 0.1) is 5.25 Å². The zero-order chi connectivity index (χ0) is 19.8. The third-order valence-corrected chi connectivity index (χ3v) is 8.62. The number of sulfonamides is 1. The lowest BCUT2D eigenvalue weighted by molar-refractivity contribution is 0.323. The second-order valence-corrected chi connectivity index (χ2v) is 11.4. The van der Waals surface area contributed by atoms with Crippen molar-refractivity contribution in [3.05, 3.63) is 28.8 Å². The van der Waals surface area contributed by atoms with Crippen molar-refractivity contribution < 1.29 is 8.42 Å². The van der Waals surface area contributed by atoms with Gasteiger partial charge in [-0.2, -0.15) is 0 Å². The zero-order valence-electron chi connectivity index (χ0n) is 17.5. The van der Waals surface area contributed by atoms with E-state index in [-0.39, 0.29) is 11.3 Å². The molecule has 0 amide bonds. The highest BCUT2D eigenvalue weighted by atomic mass is 32.2. The van der Waals surface area contributed by atoms with E-state index in [2.05, 4.69) is 42.9 Å². The molecule has 2 atom stereocenters. The third kappa shape index (κ3) is 4.68. The molecule has 1 fully saturated rings. The van der Waals surface area contributed by atoms with Gasteiger partial charge in [-0.15, -0.1) is 0 Å². The molecule has 2 unspecified atom stereocenters. The van der Waals surface area contributed by atoms with Crippen LogP contribution in [0.5, 0.6) is 0 Å². The highest BCUT2D eigenvalue weighted by Crippen LogP contribution is 2.40. The van der Waals surface area contributed by atoms with Gasteiger partial charge in [0.1, 0.15) is 0 Å². The number of anilines is 1.